The van der Waals surface area contributed by atoms with Gasteiger partial charge in [0, 0.05) is 16.6 Å². The van der Waals surface area contributed by atoms with Gasteiger partial charge >= 0.3 is 0 Å². The van der Waals surface area contributed by atoms with Crippen LogP contribution in [0.1, 0.15) is 10.4 Å². The molecule has 1 aromatic rings. The minimum Gasteiger partial charge on any atom is -0.385 e. The van der Waals surface area contributed by atoms with Crippen LogP contribution in [0.4, 0.5) is 8.78 Å². The number of alkyl halides is 2. The monoisotopic (exact) mass is 327 g/mol. The van der Waals surface area contributed by atoms with Gasteiger partial charge in [0.15, 0.2) is 0 Å². The topological polar surface area (TPSA) is 49.3 Å². The summed E-state index contributed by atoms with van der Waals surface area (Å²) in [5.41, 5.74) is 0.236. The summed E-state index contributed by atoms with van der Waals surface area (Å²) in [6.45, 7) is -0.510. The second-order valence-electron chi connectivity index (χ2n) is 3.24. The minimum absolute atomic E-state index is 0.236. The second kappa shape index (κ2) is 6.28. The Morgan fingerprint density at radius 3 is 2.71 bits per heavy atom. The fourth-order valence-electron chi connectivity index (χ4n) is 1.03. The van der Waals surface area contributed by atoms with Crippen molar-refractivity contribution in [3.05, 3.63) is 33.3 Å². The number of aliphatic hydroxyl groups is 1. The summed E-state index contributed by atoms with van der Waals surface area (Å²) in [5.74, 6) is -0.570. The molecule has 0 saturated heterocycles. The molecule has 0 saturated carbocycles. The zero-order valence-corrected chi connectivity index (χ0v) is 10.8. The molecule has 0 aliphatic rings. The molecule has 0 aromatic heterocycles. The molecule has 0 fully saturated rings. The largest absolute Gasteiger partial charge is 0.385 e. The van der Waals surface area contributed by atoms with E-state index in [2.05, 4.69) is 21.2 Å². The molecule has 1 amide bonds. The lowest BCUT2D eigenvalue weighted by Crippen LogP contribution is -2.35. The lowest BCUT2D eigenvalue weighted by molar-refractivity contribution is -0.00270. The number of aliphatic hydroxyl groups excluding tert-OH is 1. The van der Waals surface area contributed by atoms with Crippen LogP contribution >= 0.6 is 27.5 Å². The fraction of sp³-hybridized carbons (Fsp3) is 0.300. The van der Waals surface area contributed by atoms with Crippen molar-refractivity contribution in [1.29, 1.82) is 0 Å². The molecule has 0 spiro atoms. The van der Waals surface area contributed by atoms with E-state index in [4.69, 9.17) is 16.7 Å². The first-order chi connectivity index (χ1) is 7.91. The smallest absolute Gasteiger partial charge is 0.265 e. The van der Waals surface area contributed by atoms with Crippen molar-refractivity contribution in [2.75, 3.05) is 6.54 Å². The molecule has 1 rings (SSSR count). The van der Waals surface area contributed by atoms with Crippen LogP contribution in [0.5, 0.6) is 0 Å². The Hall–Kier alpha value is -0.720. The number of halogens is 4. The van der Waals surface area contributed by atoms with Gasteiger partial charge in [-0.2, -0.15) is 0 Å². The first kappa shape index (κ1) is 14.3. The lowest BCUT2D eigenvalue weighted by Gasteiger charge is -2.10. The number of carbonyl (C=O) groups is 1. The third-order valence-corrected chi connectivity index (χ3v) is 3.18. The van der Waals surface area contributed by atoms with Crippen LogP contribution in [-0.4, -0.2) is 30.1 Å². The highest BCUT2D eigenvalue weighted by atomic mass is 79.9. The Morgan fingerprint density at radius 2 is 2.18 bits per heavy atom. The summed E-state index contributed by atoms with van der Waals surface area (Å²) in [6, 6.07) is 4.45. The van der Waals surface area contributed by atoms with Gasteiger partial charge in [-0.25, -0.2) is 8.78 Å². The predicted octanol–water partition coefficient (Wildman–Crippen LogP) is 2.46. The van der Waals surface area contributed by atoms with Crippen LogP contribution < -0.4 is 5.32 Å². The van der Waals surface area contributed by atoms with E-state index in [-0.39, 0.29) is 5.56 Å². The van der Waals surface area contributed by atoms with E-state index < -0.39 is 25.0 Å². The normalized spacial score (nSPS) is 12.6. The van der Waals surface area contributed by atoms with Crippen molar-refractivity contribution in [3.63, 3.8) is 0 Å². The predicted molar refractivity (Wildman–Crippen MR) is 63.5 cm³/mol. The van der Waals surface area contributed by atoms with Gasteiger partial charge in [-0.1, -0.05) is 11.6 Å². The molecular formula is C10H9BrClF2NO2. The standard InChI is InChI=1S/C10H9BrClF2NO2/c11-6-2-1-5(3-7(6)12)10(17)15-4-8(16)9(13)14/h1-3,8-9,16H,4H2,(H,15,17). The fourth-order valence-corrected chi connectivity index (χ4v) is 1.45. The van der Waals surface area contributed by atoms with E-state index in [1.165, 1.54) is 12.1 Å². The van der Waals surface area contributed by atoms with Crippen LogP contribution in [0.3, 0.4) is 0 Å². The molecule has 3 nitrogen and oxygen atoms in total. The molecule has 94 valence electrons. The maximum atomic E-state index is 12.0. The van der Waals surface area contributed by atoms with E-state index in [9.17, 15) is 13.6 Å². The Kier molecular flexibility index (Phi) is 5.30. The molecule has 0 radical (unpaired) electrons. The minimum atomic E-state index is -2.89. The Morgan fingerprint density at radius 1 is 1.53 bits per heavy atom. The zero-order valence-electron chi connectivity index (χ0n) is 8.46. The summed E-state index contributed by atoms with van der Waals surface area (Å²) in [5, 5.41) is 11.3. The third kappa shape index (κ3) is 4.22. The van der Waals surface area contributed by atoms with Gasteiger partial charge in [-0.05, 0) is 34.1 Å². The van der Waals surface area contributed by atoms with Gasteiger partial charge in [0.05, 0.1) is 5.02 Å². The highest BCUT2D eigenvalue weighted by Crippen LogP contribution is 2.23. The quantitative estimate of drug-likeness (QED) is 0.892. The molecule has 1 unspecified atom stereocenters. The molecule has 0 aliphatic heterocycles. The molecule has 17 heavy (non-hydrogen) atoms. The van der Waals surface area contributed by atoms with Crippen molar-refractivity contribution in [1.82, 2.24) is 5.32 Å². The average molecular weight is 329 g/mol. The molecule has 0 bridgehead atoms. The number of carbonyl (C=O) groups excluding carboxylic acids is 1. The number of rotatable bonds is 4. The number of amides is 1. The van der Waals surface area contributed by atoms with Gasteiger partial charge in [0.25, 0.3) is 12.3 Å². The average Bonchev–Trinajstić information content (AvgIpc) is 2.28. The first-order valence-electron chi connectivity index (χ1n) is 4.61. The van der Waals surface area contributed by atoms with Gasteiger partial charge in [0.1, 0.15) is 6.10 Å². The third-order valence-electron chi connectivity index (χ3n) is 1.94. The van der Waals surface area contributed by atoms with Crippen LogP contribution in [-0.2, 0) is 0 Å². The number of hydrogen-bond acceptors (Lipinski definition) is 2. The number of benzene rings is 1. The number of hydrogen-bond donors (Lipinski definition) is 2. The molecule has 2 N–H and O–H groups in total. The van der Waals surface area contributed by atoms with E-state index in [1.54, 1.807) is 6.07 Å². The molecule has 0 aliphatic carbocycles. The van der Waals surface area contributed by atoms with Gasteiger partial charge in [0.2, 0.25) is 0 Å². The van der Waals surface area contributed by atoms with E-state index in [0.717, 1.165) is 0 Å². The summed E-state index contributed by atoms with van der Waals surface area (Å²) < 4.78 is 24.6. The Balaban J connectivity index is 2.61. The molecule has 1 atom stereocenters. The van der Waals surface area contributed by atoms with Crippen molar-refractivity contribution in [2.45, 2.75) is 12.5 Å². The summed E-state index contributed by atoms with van der Waals surface area (Å²) in [4.78, 5) is 11.5. The second-order valence-corrected chi connectivity index (χ2v) is 4.50. The van der Waals surface area contributed by atoms with Crippen molar-refractivity contribution in [3.8, 4) is 0 Å². The highest BCUT2D eigenvalue weighted by Gasteiger charge is 2.18. The molecular weight excluding hydrogens is 319 g/mol. The SMILES string of the molecule is O=C(NCC(O)C(F)F)c1ccc(Br)c(Cl)c1. The first-order valence-corrected chi connectivity index (χ1v) is 5.78. The Labute approximate surface area is 110 Å². The van der Waals surface area contributed by atoms with Crippen LogP contribution in [0.15, 0.2) is 22.7 Å². The van der Waals surface area contributed by atoms with E-state index in [0.29, 0.717) is 9.50 Å². The molecule has 1 aromatic carbocycles. The summed E-state index contributed by atoms with van der Waals surface area (Å²) in [6.07, 6.45) is -4.76. The Bertz CT molecular complexity index is 417. The summed E-state index contributed by atoms with van der Waals surface area (Å²) in [7, 11) is 0. The maximum Gasteiger partial charge on any atom is 0.265 e. The van der Waals surface area contributed by atoms with E-state index in [1.807, 2.05) is 0 Å². The molecule has 0 heterocycles. The lowest BCUT2D eigenvalue weighted by atomic mass is 10.2. The van der Waals surface area contributed by atoms with Gasteiger partial charge in [-0.3, -0.25) is 4.79 Å². The maximum absolute atomic E-state index is 12.0. The van der Waals surface area contributed by atoms with Crippen LogP contribution in [0.25, 0.3) is 0 Å². The van der Waals surface area contributed by atoms with Crippen molar-refractivity contribution < 1.29 is 18.7 Å². The van der Waals surface area contributed by atoms with E-state index >= 15 is 0 Å². The van der Waals surface area contributed by atoms with Crippen molar-refractivity contribution in [2.24, 2.45) is 0 Å². The zero-order chi connectivity index (χ0) is 13.0. The van der Waals surface area contributed by atoms with Crippen molar-refractivity contribution >= 4 is 33.4 Å². The van der Waals surface area contributed by atoms with Gasteiger partial charge < -0.3 is 10.4 Å². The van der Waals surface area contributed by atoms with Crippen LogP contribution in [0, 0.1) is 0 Å². The summed E-state index contributed by atoms with van der Waals surface area (Å²) >= 11 is 8.93. The highest BCUT2D eigenvalue weighted by molar-refractivity contribution is 9.10. The van der Waals surface area contributed by atoms with Crippen LogP contribution in [0.2, 0.25) is 5.02 Å². The molecule has 7 heteroatoms. The van der Waals surface area contributed by atoms with Gasteiger partial charge in [-0.15, -0.1) is 0 Å². The number of nitrogens with one attached hydrogen (secondary N) is 1.